The number of hydrogen-bond acceptors (Lipinski definition) is 2. The Kier molecular flexibility index (Phi) is 11.4. The van der Waals surface area contributed by atoms with Crippen LogP contribution in [-0.2, 0) is 37.6 Å². The first-order chi connectivity index (χ1) is 4.73. The molecular formula is C7H8HgNO2. The van der Waals surface area contributed by atoms with Gasteiger partial charge in [0.05, 0.1) is 0 Å². The van der Waals surface area contributed by atoms with Crippen molar-refractivity contribution in [3.8, 4) is 0 Å². The van der Waals surface area contributed by atoms with Crippen LogP contribution in [0.4, 0.5) is 0 Å². The maximum atomic E-state index is 8.89. The number of nitrogens with zero attached hydrogens (tertiary/aromatic N) is 1. The van der Waals surface area contributed by atoms with E-state index in [9.17, 15) is 0 Å². The van der Waals surface area contributed by atoms with Gasteiger partial charge in [0, 0.05) is 47.0 Å². The van der Waals surface area contributed by atoms with E-state index in [2.05, 4.69) is 4.98 Å². The van der Waals surface area contributed by atoms with E-state index in [0.29, 0.717) is 0 Å². The van der Waals surface area contributed by atoms with Gasteiger partial charge in [-0.25, -0.2) is 9.90 Å². The molecular weight excluding hydrogens is 331 g/mol. The first-order valence-electron chi connectivity index (χ1n) is 2.76. The topological polar surface area (TPSA) is 49.9 Å². The van der Waals surface area contributed by atoms with E-state index in [1.807, 2.05) is 18.2 Å². The van der Waals surface area contributed by atoms with Crippen LogP contribution in [0.15, 0.2) is 30.6 Å². The Hall–Kier alpha value is -0.445. The zero-order chi connectivity index (χ0) is 7.82. The number of carbonyl (C=O) groups is 1. The van der Waals surface area contributed by atoms with E-state index in [0.717, 1.165) is 6.92 Å². The van der Waals surface area contributed by atoms with Crippen LogP contribution in [0.25, 0.3) is 0 Å². The second kappa shape index (κ2) is 9.56. The predicted octanol–water partition coefficient (Wildman–Crippen LogP) is 1.04. The Morgan fingerprint density at radius 1 is 1.18 bits per heavy atom. The molecule has 0 spiro atoms. The summed E-state index contributed by atoms with van der Waals surface area (Å²) in [6.45, 7) is 0.972. The summed E-state index contributed by atoms with van der Waals surface area (Å²) in [5.41, 5.74) is 0. The van der Waals surface area contributed by atoms with Crippen molar-refractivity contribution in [2.75, 3.05) is 0 Å². The van der Waals surface area contributed by atoms with Gasteiger partial charge in [-0.2, -0.15) is 0 Å². The number of rotatable bonds is 0. The summed E-state index contributed by atoms with van der Waals surface area (Å²) in [5, 5.41) is 8.89. The maximum Gasteiger partial charge on any atom is 0.352 e. The van der Waals surface area contributed by atoms with Crippen LogP contribution in [0.2, 0.25) is 0 Å². The molecule has 0 saturated heterocycles. The summed E-state index contributed by atoms with van der Waals surface area (Å²) in [7, 11) is 0. The predicted molar refractivity (Wildman–Crippen MR) is 35.6 cm³/mol. The molecule has 0 aliphatic heterocycles. The van der Waals surface area contributed by atoms with E-state index < -0.39 is 5.97 Å². The zero-order valence-electron chi connectivity index (χ0n) is 6.36. The molecule has 0 saturated carbocycles. The second-order valence-electron chi connectivity index (χ2n) is 1.52. The van der Waals surface area contributed by atoms with Crippen LogP contribution >= 0.6 is 0 Å². The standard InChI is InChI=1S/C5H5N.C2H3O2.Hg/c1-2-4-6-5-3-1;1-2(3)4;/h1-5H;1H3;. The minimum atomic E-state index is -1.08. The second-order valence-corrected chi connectivity index (χ2v) is 1.52. The zero-order valence-corrected chi connectivity index (χ0v) is 11.9. The third-order valence-corrected chi connectivity index (χ3v) is 0.566. The van der Waals surface area contributed by atoms with Gasteiger partial charge in [0.1, 0.15) is 0 Å². The molecule has 0 bridgehead atoms. The fourth-order valence-corrected chi connectivity index (χ4v) is 0.313. The van der Waals surface area contributed by atoms with Gasteiger partial charge in [-0.1, -0.05) is 6.07 Å². The molecule has 1 aromatic rings. The average Bonchev–Trinajstić information content (AvgIpc) is 1.90. The Balaban J connectivity index is 0. The number of hydrogen-bond donors (Lipinski definition) is 0. The van der Waals surface area contributed by atoms with Gasteiger partial charge in [-0.05, 0) is 12.1 Å². The average molecular weight is 339 g/mol. The smallest absolute Gasteiger partial charge is 0.265 e. The molecule has 55 valence electrons. The van der Waals surface area contributed by atoms with Gasteiger partial charge < -0.3 is 0 Å². The van der Waals surface area contributed by atoms with E-state index in [-0.39, 0.29) is 27.7 Å². The molecule has 11 heavy (non-hydrogen) atoms. The van der Waals surface area contributed by atoms with E-state index in [1.165, 1.54) is 0 Å². The van der Waals surface area contributed by atoms with Crippen molar-refractivity contribution >= 4 is 5.97 Å². The van der Waals surface area contributed by atoms with E-state index in [1.54, 1.807) is 12.4 Å². The van der Waals surface area contributed by atoms with Crippen LogP contribution < -0.4 is 0 Å². The largest absolute Gasteiger partial charge is 0.352 e. The maximum absolute atomic E-state index is 8.89. The molecule has 3 nitrogen and oxygen atoms in total. The number of aromatic nitrogens is 1. The van der Waals surface area contributed by atoms with Crippen molar-refractivity contribution in [1.29, 1.82) is 0 Å². The quantitative estimate of drug-likeness (QED) is 0.664. The normalized spacial score (nSPS) is 6.64. The van der Waals surface area contributed by atoms with Crippen LogP contribution in [0.3, 0.4) is 0 Å². The van der Waals surface area contributed by atoms with Crippen molar-refractivity contribution < 1.29 is 37.6 Å². The third-order valence-electron chi connectivity index (χ3n) is 0.566. The van der Waals surface area contributed by atoms with Crippen LogP contribution in [0.5, 0.6) is 0 Å². The van der Waals surface area contributed by atoms with Crippen LogP contribution in [0.1, 0.15) is 6.92 Å². The molecule has 0 N–H and O–H groups in total. The van der Waals surface area contributed by atoms with Gasteiger partial charge in [0.2, 0.25) is 0 Å². The van der Waals surface area contributed by atoms with E-state index in [4.69, 9.17) is 9.90 Å². The van der Waals surface area contributed by atoms with Gasteiger partial charge in [-0.15, -0.1) is 0 Å². The first-order valence-corrected chi connectivity index (χ1v) is 2.76. The Bertz CT molecular complexity index is 148. The van der Waals surface area contributed by atoms with Crippen molar-refractivity contribution in [3.05, 3.63) is 30.6 Å². The molecule has 0 unspecified atom stereocenters. The summed E-state index contributed by atoms with van der Waals surface area (Å²) >= 11 is 0. The summed E-state index contributed by atoms with van der Waals surface area (Å²) < 4.78 is 0. The molecule has 0 atom stereocenters. The molecule has 1 rings (SSSR count). The molecule has 4 heteroatoms. The molecule has 1 heterocycles. The summed E-state index contributed by atoms with van der Waals surface area (Å²) in [5.74, 6) is -1.08. The van der Waals surface area contributed by atoms with Crippen molar-refractivity contribution in [2.45, 2.75) is 6.92 Å². The number of pyridine rings is 1. The fourth-order valence-electron chi connectivity index (χ4n) is 0.313. The fraction of sp³-hybridized carbons (Fsp3) is 0.143. The van der Waals surface area contributed by atoms with Crippen molar-refractivity contribution in [3.63, 3.8) is 0 Å². The molecule has 1 radical (unpaired) electrons. The van der Waals surface area contributed by atoms with Gasteiger partial charge in [-0.3, -0.25) is 4.98 Å². The summed E-state index contributed by atoms with van der Waals surface area (Å²) in [4.78, 5) is 12.7. The molecule has 0 fully saturated rings. The summed E-state index contributed by atoms with van der Waals surface area (Å²) in [6, 6.07) is 5.72. The summed E-state index contributed by atoms with van der Waals surface area (Å²) in [6.07, 6.45) is 3.50. The first kappa shape index (κ1) is 13.2. The molecule has 0 aliphatic rings. The van der Waals surface area contributed by atoms with Gasteiger partial charge in [0.25, 0.3) is 0 Å². The molecule has 0 aliphatic carbocycles. The molecule has 0 amide bonds. The Morgan fingerprint density at radius 3 is 1.64 bits per heavy atom. The monoisotopic (exact) mass is 340 g/mol. The van der Waals surface area contributed by atoms with Crippen LogP contribution in [0, 0.1) is 0 Å². The number of carbonyl (C=O) groups excluding carboxylic acids is 1. The minimum Gasteiger partial charge on any atom is -0.265 e. The van der Waals surface area contributed by atoms with Crippen LogP contribution in [-0.4, -0.2) is 11.0 Å². The van der Waals surface area contributed by atoms with Gasteiger partial charge >= 0.3 is 5.97 Å². The van der Waals surface area contributed by atoms with Crippen molar-refractivity contribution in [2.24, 2.45) is 0 Å². The van der Waals surface area contributed by atoms with Gasteiger partial charge in [0.15, 0.2) is 0 Å². The minimum absolute atomic E-state index is 0. The molecule has 0 aromatic carbocycles. The molecule has 1 aromatic heterocycles. The van der Waals surface area contributed by atoms with Crippen molar-refractivity contribution in [1.82, 2.24) is 4.98 Å². The Morgan fingerprint density at radius 2 is 1.55 bits per heavy atom. The third kappa shape index (κ3) is 17.7. The van der Waals surface area contributed by atoms with E-state index >= 15 is 0 Å². The Labute approximate surface area is 86.0 Å². The SMILES string of the molecule is CC([O])=O.[Hg].c1ccncc1.